The summed E-state index contributed by atoms with van der Waals surface area (Å²) in [6.45, 7) is 1.56. The molecule has 1 fully saturated rings. The van der Waals surface area contributed by atoms with E-state index < -0.39 is 10.0 Å². The molecule has 88 valence electrons. The summed E-state index contributed by atoms with van der Waals surface area (Å²) in [5.74, 6) is 0. The number of hydrogen-bond donors (Lipinski definition) is 2. The Kier molecular flexibility index (Phi) is 3.63. The van der Waals surface area contributed by atoms with E-state index in [4.69, 9.17) is 0 Å². The Morgan fingerprint density at radius 2 is 2.12 bits per heavy atom. The third-order valence-electron chi connectivity index (χ3n) is 2.51. The molecule has 2 N–H and O–H groups in total. The van der Waals surface area contributed by atoms with E-state index in [0.717, 1.165) is 13.0 Å². The first-order chi connectivity index (χ1) is 7.59. The van der Waals surface area contributed by atoms with Crippen molar-refractivity contribution in [2.75, 3.05) is 13.1 Å². The Morgan fingerprint density at radius 3 is 2.75 bits per heavy atom. The third-order valence-corrected chi connectivity index (χ3v) is 5.04. The molecule has 1 saturated heterocycles. The second kappa shape index (κ2) is 4.83. The van der Waals surface area contributed by atoms with Gasteiger partial charge in [0.15, 0.2) is 0 Å². The Labute approximate surface area is 104 Å². The Balaban J connectivity index is 2.21. The molecule has 0 radical (unpaired) electrons. The molecule has 2 rings (SSSR count). The summed E-state index contributed by atoms with van der Waals surface area (Å²) >= 11 is 3.25. The number of benzene rings is 1. The molecule has 0 spiro atoms. The highest BCUT2D eigenvalue weighted by atomic mass is 79.9. The number of nitrogens with one attached hydrogen (secondary N) is 2. The standard InChI is InChI=1S/C10H13BrN2O2S/c11-9-3-1-2-4-10(9)16(14,15)13-8-5-6-12-7-8/h1-4,8,12-13H,5-7H2/t8-/m1/s1. The van der Waals surface area contributed by atoms with Gasteiger partial charge in [0.2, 0.25) is 10.0 Å². The lowest BCUT2D eigenvalue weighted by Gasteiger charge is -2.12. The highest BCUT2D eigenvalue weighted by molar-refractivity contribution is 9.10. The van der Waals surface area contributed by atoms with Gasteiger partial charge in [0.1, 0.15) is 0 Å². The molecule has 1 atom stereocenters. The molecule has 0 bridgehead atoms. The molecule has 1 aromatic carbocycles. The van der Waals surface area contributed by atoms with Gasteiger partial charge in [-0.1, -0.05) is 12.1 Å². The molecule has 0 saturated carbocycles. The summed E-state index contributed by atoms with van der Waals surface area (Å²) in [5.41, 5.74) is 0. The van der Waals surface area contributed by atoms with Crippen LogP contribution < -0.4 is 10.0 Å². The lowest BCUT2D eigenvalue weighted by atomic mass is 10.3. The van der Waals surface area contributed by atoms with Gasteiger partial charge in [-0.25, -0.2) is 13.1 Å². The van der Waals surface area contributed by atoms with E-state index in [9.17, 15) is 8.42 Å². The fourth-order valence-corrected chi connectivity index (χ4v) is 3.97. The van der Waals surface area contributed by atoms with Crippen molar-refractivity contribution >= 4 is 26.0 Å². The van der Waals surface area contributed by atoms with Gasteiger partial charge < -0.3 is 5.32 Å². The van der Waals surface area contributed by atoms with Gasteiger partial charge in [-0.05, 0) is 41.0 Å². The predicted octanol–water partition coefficient (Wildman–Crippen LogP) is 1.09. The zero-order chi connectivity index (χ0) is 11.6. The van der Waals surface area contributed by atoms with Gasteiger partial charge in [0, 0.05) is 17.1 Å². The van der Waals surface area contributed by atoms with Crippen LogP contribution >= 0.6 is 15.9 Å². The zero-order valence-electron chi connectivity index (χ0n) is 8.61. The third kappa shape index (κ3) is 2.63. The van der Waals surface area contributed by atoms with E-state index in [0.29, 0.717) is 15.9 Å². The minimum atomic E-state index is -3.41. The first kappa shape index (κ1) is 12.0. The lowest BCUT2D eigenvalue weighted by Crippen LogP contribution is -2.36. The van der Waals surface area contributed by atoms with Crippen LogP contribution in [0.2, 0.25) is 0 Å². The minimum absolute atomic E-state index is 0.00268. The van der Waals surface area contributed by atoms with E-state index in [1.807, 2.05) is 0 Å². The van der Waals surface area contributed by atoms with Gasteiger partial charge in [-0.15, -0.1) is 0 Å². The fourth-order valence-electron chi connectivity index (χ4n) is 1.70. The Morgan fingerprint density at radius 1 is 1.38 bits per heavy atom. The van der Waals surface area contributed by atoms with Crippen LogP contribution in [0, 0.1) is 0 Å². The molecule has 1 heterocycles. The first-order valence-electron chi connectivity index (χ1n) is 5.07. The molecule has 1 aliphatic heterocycles. The number of hydrogen-bond acceptors (Lipinski definition) is 3. The maximum Gasteiger partial charge on any atom is 0.241 e. The number of sulfonamides is 1. The van der Waals surface area contributed by atoms with Crippen molar-refractivity contribution in [2.45, 2.75) is 17.4 Å². The smallest absolute Gasteiger partial charge is 0.241 e. The maximum atomic E-state index is 12.0. The monoisotopic (exact) mass is 304 g/mol. The summed E-state index contributed by atoms with van der Waals surface area (Å²) in [7, 11) is -3.41. The SMILES string of the molecule is O=S(=O)(N[C@@H]1CCNC1)c1ccccc1Br. The van der Waals surface area contributed by atoms with Crippen molar-refractivity contribution in [1.82, 2.24) is 10.0 Å². The summed E-state index contributed by atoms with van der Waals surface area (Å²) in [5, 5.41) is 3.12. The number of rotatable bonds is 3. The van der Waals surface area contributed by atoms with Crippen molar-refractivity contribution in [2.24, 2.45) is 0 Å². The average Bonchev–Trinajstić information content (AvgIpc) is 2.70. The quantitative estimate of drug-likeness (QED) is 0.879. The molecule has 0 unspecified atom stereocenters. The van der Waals surface area contributed by atoms with Crippen molar-refractivity contribution in [3.05, 3.63) is 28.7 Å². The average molecular weight is 305 g/mol. The molecule has 4 nitrogen and oxygen atoms in total. The van der Waals surface area contributed by atoms with Crippen molar-refractivity contribution < 1.29 is 8.42 Å². The minimum Gasteiger partial charge on any atom is -0.315 e. The van der Waals surface area contributed by atoms with E-state index in [2.05, 4.69) is 26.0 Å². The molecule has 1 aromatic rings. The summed E-state index contributed by atoms with van der Waals surface area (Å²) in [6, 6.07) is 6.82. The predicted molar refractivity (Wildman–Crippen MR) is 65.7 cm³/mol. The van der Waals surface area contributed by atoms with Gasteiger partial charge in [-0.3, -0.25) is 0 Å². The fraction of sp³-hybridized carbons (Fsp3) is 0.400. The Bertz CT molecular complexity index is 469. The highest BCUT2D eigenvalue weighted by Gasteiger charge is 2.23. The van der Waals surface area contributed by atoms with Crippen LogP contribution in [0.3, 0.4) is 0 Å². The lowest BCUT2D eigenvalue weighted by molar-refractivity contribution is 0.559. The van der Waals surface area contributed by atoms with Gasteiger partial charge in [0.25, 0.3) is 0 Å². The Hall–Kier alpha value is -0.430. The van der Waals surface area contributed by atoms with Crippen LogP contribution in [-0.2, 0) is 10.0 Å². The second-order valence-electron chi connectivity index (χ2n) is 3.74. The summed E-state index contributed by atoms with van der Waals surface area (Å²) < 4.78 is 27.4. The summed E-state index contributed by atoms with van der Waals surface area (Å²) in [6.07, 6.45) is 0.837. The molecule has 0 aromatic heterocycles. The molecular weight excluding hydrogens is 292 g/mol. The van der Waals surface area contributed by atoms with Crippen LogP contribution in [0.15, 0.2) is 33.6 Å². The van der Waals surface area contributed by atoms with Crippen LogP contribution in [-0.4, -0.2) is 27.5 Å². The van der Waals surface area contributed by atoms with E-state index >= 15 is 0 Å². The molecule has 0 aliphatic carbocycles. The molecule has 1 aliphatic rings. The van der Waals surface area contributed by atoms with Crippen molar-refractivity contribution in [1.29, 1.82) is 0 Å². The van der Waals surface area contributed by atoms with Crippen LogP contribution in [0.25, 0.3) is 0 Å². The van der Waals surface area contributed by atoms with Crippen LogP contribution in [0.1, 0.15) is 6.42 Å². The van der Waals surface area contributed by atoms with Gasteiger partial charge in [-0.2, -0.15) is 0 Å². The molecule has 0 amide bonds. The van der Waals surface area contributed by atoms with Crippen LogP contribution in [0.4, 0.5) is 0 Å². The van der Waals surface area contributed by atoms with E-state index in [1.54, 1.807) is 24.3 Å². The van der Waals surface area contributed by atoms with Crippen LogP contribution in [0.5, 0.6) is 0 Å². The maximum absolute atomic E-state index is 12.0. The van der Waals surface area contributed by atoms with Crippen molar-refractivity contribution in [3.8, 4) is 0 Å². The topological polar surface area (TPSA) is 58.2 Å². The van der Waals surface area contributed by atoms with Crippen molar-refractivity contribution in [3.63, 3.8) is 0 Å². The van der Waals surface area contributed by atoms with Gasteiger partial charge in [0.05, 0.1) is 4.90 Å². The number of halogens is 1. The first-order valence-corrected chi connectivity index (χ1v) is 7.35. The van der Waals surface area contributed by atoms with E-state index in [-0.39, 0.29) is 6.04 Å². The molecule has 16 heavy (non-hydrogen) atoms. The molecular formula is C10H13BrN2O2S. The second-order valence-corrected chi connectivity index (χ2v) is 6.28. The van der Waals surface area contributed by atoms with Gasteiger partial charge >= 0.3 is 0 Å². The largest absolute Gasteiger partial charge is 0.315 e. The summed E-state index contributed by atoms with van der Waals surface area (Å²) in [4.78, 5) is 0.293. The van der Waals surface area contributed by atoms with E-state index in [1.165, 1.54) is 0 Å². The molecule has 6 heteroatoms. The zero-order valence-corrected chi connectivity index (χ0v) is 11.0. The highest BCUT2D eigenvalue weighted by Crippen LogP contribution is 2.21. The normalized spacial score (nSPS) is 21.2.